The molecule has 1 saturated carbocycles. The zero-order chi connectivity index (χ0) is 9.52. The number of nitrogens with two attached hydrogens (primary N) is 1. The van der Waals surface area contributed by atoms with Crippen LogP contribution in [0.2, 0.25) is 0 Å². The summed E-state index contributed by atoms with van der Waals surface area (Å²) in [6, 6.07) is 0. The van der Waals surface area contributed by atoms with E-state index < -0.39 is 29.3 Å². The highest BCUT2D eigenvalue weighted by Crippen LogP contribution is 2.45. The average molecular weight is 173 g/mol. The smallest absolute Gasteiger partial charge is 0.323 e. The number of aliphatic carboxylic acids is 2. The Kier molecular flexibility index (Phi) is 1.83. The van der Waals surface area contributed by atoms with Gasteiger partial charge in [0.25, 0.3) is 0 Å². The molecule has 0 aromatic rings. The first-order chi connectivity index (χ1) is 5.37. The molecule has 0 unspecified atom stereocenters. The molecule has 0 spiro atoms. The van der Waals surface area contributed by atoms with Gasteiger partial charge in [-0.1, -0.05) is 0 Å². The van der Waals surface area contributed by atoms with Crippen molar-refractivity contribution in [1.29, 1.82) is 0 Å². The number of carboxylic acid groups (broad SMARTS) is 2. The SMILES string of the molecule is C[C@@](N)(C(=O)O)[C@@H]1C[C@@H]1C(=O)O. The lowest BCUT2D eigenvalue weighted by atomic mass is 9.96. The first-order valence-electron chi connectivity index (χ1n) is 3.62. The van der Waals surface area contributed by atoms with Gasteiger partial charge in [0, 0.05) is 5.92 Å². The first-order valence-corrected chi connectivity index (χ1v) is 3.62. The molecule has 1 rings (SSSR count). The van der Waals surface area contributed by atoms with E-state index in [1.807, 2.05) is 0 Å². The fourth-order valence-electron chi connectivity index (χ4n) is 1.29. The van der Waals surface area contributed by atoms with Gasteiger partial charge in [-0.2, -0.15) is 0 Å². The van der Waals surface area contributed by atoms with Gasteiger partial charge in [-0.15, -0.1) is 0 Å². The number of hydrogen-bond donors (Lipinski definition) is 3. The third kappa shape index (κ3) is 1.27. The first kappa shape index (κ1) is 8.99. The fraction of sp³-hybridized carbons (Fsp3) is 0.714. The molecular weight excluding hydrogens is 162 g/mol. The molecule has 1 aliphatic carbocycles. The van der Waals surface area contributed by atoms with E-state index in [1.165, 1.54) is 6.92 Å². The van der Waals surface area contributed by atoms with Gasteiger partial charge in [0.15, 0.2) is 0 Å². The van der Waals surface area contributed by atoms with E-state index in [4.69, 9.17) is 15.9 Å². The van der Waals surface area contributed by atoms with Crippen molar-refractivity contribution < 1.29 is 19.8 Å². The van der Waals surface area contributed by atoms with Gasteiger partial charge in [-0.05, 0) is 13.3 Å². The van der Waals surface area contributed by atoms with E-state index in [2.05, 4.69) is 0 Å². The number of hydrogen-bond acceptors (Lipinski definition) is 3. The summed E-state index contributed by atoms with van der Waals surface area (Å²) in [4.78, 5) is 20.9. The van der Waals surface area contributed by atoms with Crippen molar-refractivity contribution in [2.45, 2.75) is 18.9 Å². The maximum atomic E-state index is 10.6. The quantitative estimate of drug-likeness (QED) is 0.534. The van der Waals surface area contributed by atoms with Crippen LogP contribution in [0, 0.1) is 11.8 Å². The van der Waals surface area contributed by atoms with E-state index in [0.29, 0.717) is 6.42 Å². The molecule has 0 aromatic carbocycles. The highest BCUT2D eigenvalue weighted by atomic mass is 16.4. The maximum absolute atomic E-state index is 10.6. The van der Waals surface area contributed by atoms with Gasteiger partial charge in [-0.3, -0.25) is 9.59 Å². The van der Waals surface area contributed by atoms with Gasteiger partial charge in [-0.25, -0.2) is 0 Å². The van der Waals surface area contributed by atoms with Crippen molar-refractivity contribution in [3.8, 4) is 0 Å². The lowest BCUT2D eigenvalue weighted by Crippen LogP contribution is -2.47. The number of carbonyl (C=O) groups is 2. The standard InChI is InChI=1S/C7H11NO4/c1-7(8,6(11)12)4-2-3(4)5(9)10/h3-4H,2,8H2,1H3,(H,9,10)(H,11,12)/t3-,4+,7-/m0/s1. The lowest BCUT2D eigenvalue weighted by Gasteiger charge is -2.18. The van der Waals surface area contributed by atoms with Gasteiger partial charge < -0.3 is 15.9 Å². The fourth-order valence-corrected chi connectivity index (χ4v) is 1.29. The predicted molar refractivity (Wildman–Crippen MR) is 39.5 cm³/mol. The van der Waals surface area contributed by atoms with E-state index in [-0.39, 0.29) is 0 Å². The largest absolute Gasteiger partial charge is 0.481 e. The molecule has 0 bridgehead atoms. The molecule has 0 heterocycles. The summed E-state index contributed by atoms with van der Waals surface area (Å²) in [5.74, 6) is -3.10. The van der Waals surface area contributed by atoms with E-state index in [9.17, 15) is 9.59 Å². The van der Waals surface area contributed by atoms with Crippen LogP contribution in [0.4, 0.5) is 0 Å². The Morgan fingerprint density at radius 3 is 2.25 bits per heavy atom. The Labute approximate surface area is 69.2 Å². The number of rotatable bonds is 3. The molecule has 5 nitrogen and oxygen atoms in total. The zero-order valence-electron chi connectivity index (χ0n) is 6.65. The molecular formula is C7H11NO4. The van der Waals surface area contributed by atoms with Crippen LogP contribution in [-0.2, 0) is 9.59 Å². The van der Waals surface area contributed by atoms with Crippen molar-refractivity contribution in [1.82, 2.24) is 0 Å². The zero-order valence-corrected chi connectivity index (χ0v) is 6.65. The van der Waals surface area contributed by atoms with Crippen LogP contribution in [0.3, 0.4) is 0 Å². The summed E-state index contributed by atoms with van der Waals surface area (Å²) < 4.78 is 0. The minimum Gasteiger partial charge on any atom is -0.481 e. The van der Waals surface area contributed by atoms with Gasteiger partial charge in [0.2, 0.25) is 0 Å². The third-order valence-electron chi connectivity index (χ3n) is 2.34. The number of carboxylic acids is 2. The Hall–Kier alpha value is -1.10. The van der Waals surface area contributed by atoms with E-state index >= 15 is 0 Å². The minimum atomic E-state index is -1.40. The Bertz CT molecular complexity index is 236. The van der Waals surface area contributed by atoms with E-state index in [0.717, 1.165) is 0 Å². The molecule has 0 amide bonds. The minimum absolute atomic E-state index is 0.370. The summed E-state index contributed by atoms with van der Waals surface area (Å²) in [7, 11) is 0. The second-order valence-corrected chi connectivity index (χ2v) is 3.37. The highest BCUT2D eigenvalue weighted by molar-refractivity contribution is 5.82. The summed E-state index contributed by atoms with van der Waals surface area (Å²) in [6.45, 7) is 1.35. The normalized spacial score (nSPS) is 32.2. The Balaban J connectivity index is 2.64. The monoisotopic (exact) mass is 173 g/mol. The second-order valence-electron chi connectivity index (χ2n) is 3.37. The summed E-state index contributed by atoms with van der Waals surface area (Å²) in [5, 5.41) is 17.2. The van der Waals surface area contributed by atoms with Crippen molar-refractivity contribution in [3.63, 3.8) is 0 Å². The molecule has 0 saturated heterocycles. The molecule has 1 fully saturated rings. The topological polar surface area (TPSA) is 101 Å². The maximum Gasteiger partial charge on any atom is 0.323 e. The molecule has 4 N–H and O–H groups in total. The molecule has 0 aromatic heterocycles. The highest BCUT2D eigenvalue weighted by Gasteiger charge is 2.55. The molecule has 12 heavy (non-hydrogen) atoms. The Morgan fingerprint density at radius 2 is 2.00 bits per heavy atom. The molecule has 0 aliphatic heterocycles. The molecule has 5 heteroatoms. The average Bonchev–Trinajstić information content (AvgIpc) is 2.63. The molecule has 3 atom stereocenters. The van der Waals surface area contributed by atoms with Crippen molar-refractivity contribution >= 4 is 11.9 Å². The molecule has 0 radical (unpaired) electrons. The van der Waals surface area contributed by atoms with Crippen LogP contribution in [0.1, 0.15) is 13.3 Å². The second kappa shape index (κ2) is 2.45. The van der Waals surface area contributed by atoms with Crippen LogP contribution in [0.15, 0.2) is 0 Å². The van der Waals surface area contributed by atoms with Crippen molar-refractivity contribution in [2.24, 2.45) is 17.6 Å². The Morgan fingerprint density at radius 1 is 1.50 bits per heavy atom. The lowest BCUT2D eigenvalue weighted by molar-refractivity contribution is -0.144. The summed E-state index contributed by atoms with van der Waals surface area (Å²) in [6.07, 6.45) is 0.370. The van der Waals surface area contributed by atoms with Crippen LogP contribution in [0.25, 0.3) is 0 Å². The molecule has 68 valence electrons. The summed E-state index contributed by atoms with van der Waals surface area (Å²) >= 11 is 0. The van der Waals surface area contributed by atoms with E-state index in [1.54, 1.807) is 0 Å². The van der Waals surface area contributed by atoms with Crippen molar-refractivity contribution in [3.05, 3.63) is 0 Å². The molecule has 1 aliphatic rings. The van der Waals surface area contributed by atoms with Gasteiger partial charge in [0.1, 0.15) is 5.54 Å². The van der Waals surface area contributed by atoms with Gasteiger partial charge >= 0.3 is 11.9 Å². The van der Waals surface area contributed by atoms with Crippen LogP contribution < -0.4 is 5.73 Å². The van der Waals surface area contributed by atoms with Crippen LogP contribution >= 0.6 is 0 Å². The predicted octanol–water partition coefficient (Wildman–Crippen LogP) is -0.491. The van der Waals surface area contributed by atoms with Crippen molar-refractivity contribution in [2.75, 3.05) is 0 Å². The summed E-state index contributed by atoms with van der Waals surface area (Å²) in [5.41, 5.74) is 4.03. The third-order valence-corrected chi connectivity index (χ3v) is 2.34. The van der Waals surface area contributed by atoms with Crippen LogP contribution in [0.5, 0.6) is 0 Å². The van der Waals surface area contributed by atoms with Gasteiger partial charge in [0.05, 0.1) is 5.92 Å². The van der Waals surface area contributed by atoms with Crippen LogP contribution in [-0.4, -0.2) is 27.7 Å².